The monoisotopic (exact) mass is 452 g/mol. The van der Waals surface area contributed by atoms with Crippen LogP contribution in [0.3, 0.4) is 0 Å². The minimum absolute atomic E-state index is 0.0264. The Kier molecular flexibility index (Phi) is 11.2. The maximum absolute atomic E-state index is 13.7. The number of hydrogen-bond acceptors (Lipinski definition) is 5. The second-order valence-electron chi connectivity index (χ2n) is 9.88. The van der Waals surface area contributed by atoms with E-state index in [0.29, 0.717) is 12.2 Å². The van der Waals surface area contributed by atoms with Crippen LogP contribution in [0.5, 0.6) is 5.75 Å². The molecule has 0 spiro atoms. The summed E-state index contributed by atoms with van der Waals surface area (Å²) in [6.45, 7) is 15.3. The number of rotatable bonds is 12. The fraction of sp³-hybridized carbons (Fsp3) is 0.692. The Morgan fingerprint density at radius 2 is 1.69 bits per heavy atom. The van der Waals surface area contributed by atoms with E-state index in [9.17, 15) is 14.0 Å². The zero-order valence-electron chi connectivity index (χ0n) is 20.9. The molecule has 1 aromatic carbocycles. The molecule has 0 amide bonds. The van der Waals surface area contributed by atoms with Gasteiger partial charge in [0.05, 0.1) is 12.3 Å². The van der Waals surface area contributed by atoms with Gasteiger partial charge in [-0.1, -0.05) is 33.8 Å². The van der Waals surface area contributed by atoms with Crippen molar-refractivity contribution in [2.24, 2.45) is 17.8 Å². The van der Waals surface area contributed by atoms with Crippen molar-refractivity contribution >= 4 is 11.9 Å². The van der Waals surface area contributed by atoms with Crippen LogP contribution in [0.4, 0.5) is 4.39 Å². The fourth-order valence-corrected chi connectivity index (χ4v) is 3.79. The van der Waals surface area contributed by atoms with Crippen molar-refractivity contribution in [3.05, 3.63) is 30.1 Å². The number of halogens is 1. The molecule has 0 heterocycles. The summed E-state index contributed by atoms with van der Waals surface area (Å²) in [6, 6.07) is 5.96. The smallest absolute Gasteiger partial charge is 0.309 e. The molecular weight excluding hydrogens is 411 g/mol. The molecule has 1 aromatic rings. The number of carbonyl (C=O) groups excluding carboxylic acids is 2. The van der Waals surface area contributed by atoms with Gasteiger partial charge < -0.3 is 14.2 Å². The molecule has 0 saturated carbocycles. The molecule has 1 rings (SSSR count). The summed E-state index contributed by atoms with van der Waals surface area (Å²) in [5.74, 6) is -1.10. The molecule has 0 fully saturated rings. The average molecular weight is 453 g/mol. The van der Waals surface area contributed by atoms with E-state index in [0.717, 1.165) is 12.8 Å². The summed E-state index contributed by atoms with van der Waals surface area (Å²) < 4.78 is 31.0. The van der Waals surface area contributed by atoms with Crippen LogP contribution in [0.25, 0.3) is 0 Å². The first kappa shape index (κ1) is 27.9. The van der Waals surface area contributed by atoms with E-state index in [1.165, 1.54) is 12.1 Å². The molecule has 5 nitrogen and oxygen atoms in total. The Hall–Kier alpha value is -2.11. The van der Waals surface area contributed by atoms with Gasteiger partial charge in [0.1, 0.15) is 29.4 Å². The molecule has 0 aliphatic rings. The lowest BCUT2D eigenvalue weighted by atomic mass is 9.92. The Morgan fingerprint density at radius 1 is 1.06 bits per heavy atom. The standard InChI is InChI=1S/C26H41FO5/c1-9-19(10-2)24(31-22-13-11-12-21(27)16-22)18(5)30-25(29)20(14-17(3)4)15-23(28)32-26(6,7)8/h11-13,16-20,24H,9-10,14-15H2,1-8H3/t18-,20+,24+/m0/s1. The van der Waals surface area contributed by atoms with Gasteiger partial charge in [0.25, 0.3) is 0 Å². The van der Waals surface area contributed by atoms with Crippen molar-refractivity contribution < 1.29 is 28.2 Å². The first-order valence-electron chi connectivity index (χ1n) is 11.7. The van der Waals surface area contributed by atoms with Crippen LogP contribution < -0.4 is 4.74 Å². The summed E-state index contributed by atoms with van der Waals surface area (Å²) in [7, 11) is 0. The second kappa shape index (κ2) is 12.8. The normalized spacial score (nSPS) is 14.7. The molecule has 182 valence electrons. The third-order valence-electron chi connectivity index (χ3n) is 5.27. The number of ether oxygens (including phenoxy) is 3. The van der Waals surface area contributed by atoms with Crippen LogP contribution >= 0.6 is 0 Å². The van der Waals surface area contributed by atoms with Gasteiger partial charge in [0.15, 0.2) is 0 Å². The Morgan fingerprint density at radius 3 is 2.19 bits per heavy atom. The van der Waals surface area contributed by atoms with E-state index < -0.39 is 35.7 Å². The third-order valence-corrected chi connectivity index (χ3v) is 5.27. The van der Waals surface area contributed by atoms with E-state index >= 15 is 0 Å². The lowest BCUT2D eigenvalue weighted by molar-refractivity contribution is -0.167. The van der Waals surface area contributed by atoms with E-state index in [1.54, 1.807) is 39.8 Å². The zero-order chi connectivity index (χ0) is 24.5. The lowest BCUT2D eigenvalue weighted by Crippen LogP contribution is -2.41. The average Bonchev–Trinajstić information content (AvgIpc) is 2.65. The van der Waals surface area contributed by atoms with Gasteiger partial charge in [-0.25, -0.2) is 4.39 Å². The first-order valence-corrected chi connectivity index (χ1v) is 11.7. The highest BCUT2D eigenvalue weighted by Crippen LogP contribution is 2.27. The van der Waals surface area contributed by atoms with Crippen molar-refractivity contribution in [2.45, 2.75) is 98.9 Å². The van der Waals surface area contributed by atoms with Gasteiger partial charge in [-0.05, 0) is 70.9 Å². The third kappa shape index (κ3) is 10.0. The van der Waals surface area contributed by atoms with Gasteiger partial charge in [-0.2, -0.15) is 0 Å². The molecule has 0 aliphatic heterocycles. The Bertz CT molecular complexity index is 721. The fourth-order valence-electron chi connectivity index (χ4n) is 3.79. The maximum atomic E-state index is 13.7. The van der Waals surface area contributed by atoms with Crippen molar-refractivity contribution in [2.75, 3.05) is 0 Å². The maximum Gasteiger partial charge on any atom is 0.309 e. The number of carbonyl (C=O) groups is 2. The van der Waals surface area contributed by atoms with Crippen molar-refractivity contribution in [1.29, 1.82) is 0 Å². The van der Waals surface area contributed by atoms with E-state index in [4.69, 9.17) is 14.2 Å². The summed E-state index contributed by atoms with van der Waals surface area (Å²) in [6.07, 6.45) is 1.14. The quantitative estimate of drug-likeness (QED) is 0.347. The van der Waals surface area contributed by atoms with Gasteiger partial charge in [0, 0.05) is 6.07 Å². The Labute approximate surface area is 193 Å². The SMILES string of the molecule is CCC(CC)[C@H](Oc1cccc(F)c1)[C@H](C)OC(=O)[C@@H](CC(=O)OC(C)(C)C)CC(C)C. The second-order valence-corrected chi connectivity index (χ2v) is 9.88. The van der Waals surface area contributed by atoms with E-state index in [-0.39, 0.29) is 24.1 Å². The van der Waals surface area contributed by atoms with E-state index in [2.05, 4.69) is 13.8 Å². The van der Waals surface area contributed by atoms with Gasteiger partial charge in [-0.3, -0.25) is 9.59 Å². The summed E-state index contributed by atoms with van der Waals surface area (Å²) in [5.41, 5.74) is -0.615. The molecule has 0 bridgehead atoms. The number of hydrogen-bond donors (Lipinski definition) is 0. The van der Waals surface area contributed by atoms with Crippen molar-refractivity contribution in [1.82, 2.24) is 0 Å². The lowest BCUT2D eigenvalue weighted by Gasteiger charge is -2.32. The van der Waals surface area contributed by atoms with Gasteiger partial charge >= 0.3 is 11.9 Å². The molecule has 3 atom stereocenters. The highest BCUT2D eigenvalue weighted by atomic mass is 19.1. The van der Waals surface area contributed by atoms with Crippen LogP contribution in [0.2, 0.25) is 0 Å². The first-order chi connectivity index (χ1) is 14.9. The van der Waals surface area contributed by atoms with Crippen molar-refractivity contribution in [3.63, 3.8) is 0 Å². The minimum Gasteiger partial charge on any atom is -0.486 e. The van der Waals surface area contributed by atoms with Crippen LogP contribution in [0, 0.1) is 23.6 Å². The van der Waals surface area contributed by atoms with Crippen molar-refractivity contribution in [3.8, 4) is 5.75 Å². The summed E-state index contributed by atoms with van der Waals surface area (Å²) >= 11 is 0. The zero-order valence-corrected chi connectivity index (χ0v) is 20.9. The van der Waals surface area contributed by atoms with Gasteiger partial charge in [0.2, 0.25) is 0 Å². The molecule has 0 saturated heterocycles. The van der Waals surface area contributed by atoms with Crippen LogP contribution in [-0.2, 0) is 19.1 Å². The van der Waals surface area contributed by atoms with E-state index in [1.807, 2.05) is 13.8 Å². The molecule has 0 N–H and O–H groups in total. The highest BCUT2D eigenvalue weighted by Gasteiger charge is 2.33. The summed E-state index contributed by atoms with van der Waals surface area (Å²) in [5, 5.41) is 0. The van der Waals surface area contributed by atoms with Gasteiger partial charge in [-0.15, -0.1) is 0 Å². The molecule has 0 unspecified atom stereocenters. The Balaban J connectivity index is 2.98. The van der Waals surface area contributed by atoms with Crippen LogP contribution in [-0.4, -0.2) is 29.7 Å². The predicted octanol–water partition coefficient (Wildman–Crippen LogP) is 6.34. The highest BCUT2D eigenvalue weighted by molar-refractivity contribution is 5.80. The molecule has 6 heteroatoms. The molecule has 0 radical (unpaired) electrons. The number of benzene rings is 1. The topological polar surface area (TPSA) is 61.8 Å². The molecule has 32 heavy (non-hydrogen) atoms. The predicted molar refractivity (Wildman–Crippen MR) is 124 cm³/mol. The molecular formula is C26H41FO5. The van der Waals surface area contributed by atoms with Crippen LogP contribution in [0.15, 0.2) is 24.3 Å². The molecule has 0 aliphatic carbocycles. The minimum atomic E-state index is -0.615. The summed E-state index contributed by atoms with van der Waals surface area (Å²) in [4.78, 5) is 25.4. The van der Waals surface area contributed by atoms with Crippen LogP contribution in [0.1, 0.15) is 81.1 Å². The number of esters is 2. The largest absolute Gasteiger partial charge is 0.486 e. The molecule has 0 aromatic heterocycles.